The van der Waals surface area contributed by atoms with Crippen LogP contribution in [-0.4, -0.2) is 28.1 Å². The number of allylic oxidation sites excluding steroid dienone is 1. The zero-order valence-electron chi connectivity index (χ0n) is 18.4. The van der Waals surface area contributed by atoms with Crippen LogP contribution < -0.4 is 26.2 Å². The summed E-state index contributed by atoms with van der Waals surface area (Å²) in [6.45, 7) is 5.01. The Balaban J connectivity index is 1.65. The average Bonchev–Trinajstić information content (AvgIpc) is 2.85. The van der Waals surface area contributed by atoms with Gasteiger partial charge in [-0.3, -0.25) is 0 Å². The molecule has 0 aliphatic rings. The van der Waals surface area contributed by atoms with Crippen LogP contribution in [0.15, 0.2) is 102 Å². The molecule has 0 fully saturated rings. The Labute approximate surface area is 195 Å². The molecule has 0 aliphatic carbocycles. The van der Waals surface area contributed by atoms with Crippen LogP contribution in [0.4, 0.5) is 0 Å². The van der Waals surface area contributed by atoms with Gasteiger partial charge in [0.2, 0.25) is 10.0 Å². The minimum Gasteiger partial charge on any atom is -0.404 e. The SMILES string of the molecule is C=C/C=c1/c(S(=O)(=O)NCCNCC=C(c2ccccc2)c2ccccc2)ccc/c1=C/N. The van der Waals surface area contributed by atoms with Gasteiger partial charge < -0.3 is 11.1 Å². The van der Waals surface area contributed by atoms with Gasteiger partial charge in [-0.2, -0.15) is 0 Å². The van der Waals surface area contributed by atoms with Gasteiger partial charge in [0, 0.05) is 31.1 Å². The molecule has 0 aromatic heterocycles. The first-order chi connectivity index (χ1) is 16.1. The topological polar surface area (TPSA) is 84.2 Å². The van der Waals surface area contributed by atoms with Gasteiger partial charge in [0.15, 0.2) is 0 Å². The van der Waals surface area contributed by atoms with Gasteiger partial charge in [0.05, 0.1) is 4.90 Å². The molecule has 4 N–H and O–H groups in total. The van der Waals surface area contributed by atoms with Gasteiger partial charge in [0.1, 0.15) is 0 Å². The van der Waals surface area contributed by atoms with E-state index in [-0.39, 0.29) is 11.4 Å². The molecule has 6 heteroatoms. The Kier molecular flexibility index (Phi) is 8.78. The van der Waals surface area contributed by atoms with E-state index >= 15 is 0 Å². The van der Waals surface area contributed by atoms with E-state index in [1.807, 2.05) is 36.4 Å². The normalized spacial score (nSPS) is 12.5. The van der Waals surface area contributed by atoms with Crippen molar-refractivity contribution in [1.29, 1.82) is 0 Å². The van der Waals surface area contributed by atoms with Gasteiger partial charge in [-0.05, 0) is 28.0 Å². The second kappa shape index (κ2) is 12.0. The number of nitrogens with one attached hydrogen (secondary N) is 2. The lowest BCUT2D eigenvalue weighted by Crippen LogP contribution is -2.38. The van der Waals surface area contributed by atoms with Crippen molar-refractivity contribution in [3.8, 4) is 0 Å². The summed E-state index contributed by atoms with van der Waals surface area (Å²) in [6.07, 6.45) is 6.70. The predicted octanol–water partition coefficient (Wildman–Crippen LogP) is 2.35. The van der Waals surface area contributed by atoms with E-state index in [1.165, 1.54) is 6.20 Å². The van der Waals surface area contributed by atoms with E-state index in [9.17, 15) is 8.42 Å². The summed E-state index contributed by atoms with van der Waals surface area (Å²) in [4.78, 5) is 0.178. The minimum atomic E-state index is -3.70. The van der Waals surface area contributed by atoms with E-state index in [1.54, 1.807) is 30.4 Å². The van der Waals surface area contributed by atoms with Crippen LogP contribution in [0, 0.1) is 0 Å². The quantitative estimate of drug-likeness (QED) is 0.407. The summed E-state index contributed by atoms with van der Waals surface area (Å²) in [5.74, 6) is 0. The number of nitrogens with two attached hydrogens (primary N) is 1. The van der Waals surface area contributed by atoms with Gasteiger partial charge in [-0.25, -0.2) is 13.1 Å². The molecule has 0 spiro atoms. The summed E-state index contributed by atoms with van der Waals surface area (Å²) in [5.41, 5.74) is 9.04. The van der Waals surface area contributed by atoms with Crippen molar-refractivity contribution in [1.82, 2.24) is 10.0 Å². The third kappa shape index (κ3) is 6.52. The number of hydrogen-bond donors (Lipinski definition) is 3. The molecule has 170 valence electrons. The Morgan fingerprint density at radius 3 is 2.09 bits per heavy atom. The average molecular weight is 460 g/mol. The zero-order valence-corrected chi connectivity index (χ0v) is 19.3. The monoisotopic (exact) mass is 459 g/mol. The molecular formula is C27H29N3O2S. The lowest BCUT2D eigenvalue weighted by Gasteiger charge is -2.10. The summed E-state index contributed by atoms with van der Waals surface area (Å²) >= 11 is 0. The summed E-state index contributed by atoms with van der Waals surface area (Å²) in [7, 11) is -3.70. The van der Waals surface area contributed by atoms with Gasteiger partial charge >= 0.3 is 0 Å². The maximum atomic E-state index is 12.8. The molecule has 3 aromatic carbocycles. The molecule has 0 bridgehead atoms. The molecule has 33 heavy (non-hydrogen) atoms. The molecular weight excluding hydrogens is 430 g/mol. The highest BCUT2D eigenvalue weighted by atomic mass is 32.2. The zero-order chi connectivity index (χ0) is 23.5. The third-order valence-corrected chi connectivity index (χ3v) is 6.59. The largest absolute Gasteiger partial charge is 0.404 e. The van der Waals surface area contributed by atoms with Crippen LogP contribution in [0.2, 0.25) is 0 Å². The van der Waals surface area contributed by atoms with Crippen molar-refractivity contribution < 1.29 is 8.42 Å². The number of rotatable bonds is 10. The van der Waals surface area contributed by atoms with Gasteiger partial charge in [0.25, 0.3) is 0 Å². The standard InChI is InChI=1S/C27H29N3O2S/c1-2-10-26-24(21-28)15-9-16-27(26)33(31,32)30-20-19-29-18-17-25(22-11-5-3-6-12-22)23-13-7-4-8-14-23/h2-17,21,29-30H,1,18-20,28H2/b24-21-,26-10+. The molecule has 0 saturated carbocycles. The summed E-state index contributed by atoms with van der Waals surface area (Å²) < 4.78 is 28.4. The molecule has 0 atom stereocenters. The maximum absolute atomic E-state index is 12.8. The minimum absolute atomic E-state index is 0.178. The van der Waals surface area contributed by atoms with Crippen molar-refractivity contribution >= 4 is 27.9 Å². The highest BCUT2D eigenvalue weighted by molar-refractivity contribution is 7.89. The first-order valence-corrected chi connectivity index (χ1v) is 12.2. The number of hydrogen-bond acceptors (Lipinski definition) is 4. The van der Waals surface area contributed by atoms with E-state index in [0.29, 0.717) is 23.5 Å². The third-order valence-electron chi connectivity index (χ3n) is 5.07. The second-order valence-electron chi connectivity index (χ2n) is 7.28. The van der Waals surface area contributed by atoms with Crippen LogP contribution in [0.25, 0.3) is 17.8 Å². The van der Waals surface area contributed by atoms with Crippen molar-refractivity contribution in [2.45, 2.75) is 4.90 Å². The van der Waals surface area contributed by atoms with Crippen LogP contribution in [0.3, 0.4) is 0 Å². The molecule has 0 heterocycles. The number of sulfonamides is 1. The van der Waals surface area contributed by atoms with E-state index in [2.05, 4.69) is 47.0 Å². The smallest absolute Gasteiger partial charge is 0.241 e. The highest BCUT2D eigenvalue weighted by Crippen LogP contribution is 2.22. The van der Waals surface area contributed by atoms with Crippen LogP contribution in [-0.2, 0) is 10.0 Å². The molecule has 0 amide bonds. The van der Waals surface area contributed by atoms with E-state index in [4.69, 9.17) is 5.73 Å². The van der Waals surface area contributed by atoms with Crippen LogP contribution >= 0.6 is 0 Å². The molecule has 0 saturated heterocycles. The molecule has 3 rings (SSSR count). The Morgan fingerprint density at radius 1 is 0.879 bits per heavy atom. The molecule has 0 radical (unpaired) electrons. The van der Waals surface area contributed by atoms with Gasteiger partial charge in [-0.1, -0.05) is 97.6 Å². The fourth-order valence-electron chi connectivity index (χ4n) is 3.50. The number of benzene rings is 3. The Bertz CT molecular complexity index is 1280. The second-order valence-corrected chi connectivity index (χ2v) is 9.02. The molecule has 5 nitrogen and oxygen atoms in total. The highest BCUT2D eigenvalue weighted by Gasteiger charge is 2.15. The van der Waals surface area contributed by atoms with Crippen molar-refractivity contribution in [2.24, 2.45) is 5.73 Å². The molecule has 0 unspecified atom stereocenters. The van der Waals surface area contributed by atoms with Crippen LogP contribution in [0.5, 0.6) is 0 Å². The lowest BCUT2D eigenvalue weighted by molar-refractivity contribution is 0.577. The lowest BCUT2D eigenvalue weighted by atomic mass is 9.98. The first kappa shape index (κ1) is 24.2. The molecule has 3 aromatic rings. The van der Waals surface area contributed by atoms with Crippen molar-refractivity contribution in [3.63, 3.8) is 0 Å². The fourth-order valence-corrected chi connectivity index (χ4v) is 4.76. The predicted molar refractivity (Wildman–Crippen MR) is 137 cm³/mol. The van der Waals surface area contributed by atoms with Crippen LogP contribution in [0.1, 0.15) is 11.1 Å². The summed E-state index contributed by atoms with van der Waals surface area (Å²) in [5, 5.41) is 4.44. The fraction of sp³-hybridized carbons (Fsp3) is 0.111. The first-order valence-electron chi connectivity index (χ1n) is 10.7. The van der Waals surface area contributed by atoms with E-state index < -0.39 is 10.0 Å². The van der Waals surface area contributed by atoms with E-state index in [0.717, 1.165) is 16.7 Å². The molecule has 0 aliphatic heterocycles. The van der Waals surface area contributed by atoms with Crippen molar-refractivity contribution in [2.75, 3.05) is 19.6 Å². The van der Waals surface area contributed by atoms with Crippen molar-refractivity contribution in [3.05, 3.63) is 119 Å². The van der Waals surface area contributed by atoms with Gasteiger partial charge in [-0.15, -0.1) is 0 Å². The Morgan fingerprint density at radius 2 is 1.52 bits per heavy atom. The summed E-state index contributed by atoms with van der Waals surface area (Å²) in [6, 6.07) is 25.4. The maximum Gasteiger partial charge on any atom is 0.241 e. The Hall–Kier alpha value is -3.45.